The molecule has 9 heteroatoms. The molecule has 1 aliphatic rings. The van der Waals surface area contributed by atoms with E-state index in [1.165, 1.54) is 0 Å². The molecule has 0 radical (unpaired) electrons. The average Bonchev–Trinajstić information content (AvgIpc) is 2.84. The van der Waals surface area contributed by atoms with Gasteiger partial charge in [0.05, 0.1) is 17.8 Å². The van der Waals surface area contributed by atoms with Gasteiger partial charge in [0.1, 0.15) is 0 Å². The Morgan fingerprint density at radius 2 is 2.15 bits per heavy atom. The fourth-order valence-corrected chi connectivity index (χ4v) is 3.56. The van der Waals surface area contributed by atoms with Crippen LogP contribution in [-0.2, 0) is 22.1 Å². The molecular formula is C11H19N5O3S. The van der Waals surface area contributed by atoms with E-state index in [0.29, 0.717) is 6.54 Å². The van der Waals surface area contributed by atoms with Crippen molar-refractivity contribution in [2.24, 2.45) is 7.05 Å². The minimum Gasteiger partial charge on any atom is -0.335 e. The highest BCUT2D eigenvalue weighted by molar-refractivity contribution is 7.87. The SMILES string of the molecule is CCNS(=O)(=O)N[C@@H]1CC(=O)N(C)[C@H]1c1ccnn1C. The van der Waals surface area contributed by atoms with Gasteiger partial charge in [-0.2, -0.15) is 18.2 Å². The highest BCUT2D eigenvalue weighted by Crippen LogP contribution is 2.31. The summed E-state index contributed by atoms with van der Waals surface area (Å²) in [7, 11) is -0.173. The monoisotopic (exact) mass is 301 g/mol. The summed E-state index contributed by atoms with van der Waals surface area (Å²) >= 11 is 0. The van der Waals surface area contributed by atoms with Crippen molar-refractivity contribution in [3.8, 4) is 0 Å². The molecule has 1 amide bonds. The lowest BCUT2D eigenvalue weighted by atomic mass is 10.1. The van der Waals surface area contributed by atoms with Gasteiger partial charge in [0.2, 0.25) is 5.91 Å². The summed E-state index contributed by atoms with van der Waals surface area (Å²) in [5.41, 5.74) is 0.794. The zero-order valence-electron chi connectivity index (χ0n) is 11.7. The van der Waals surface area contributed by atoms with Crippen molar-refractivity contribution in [1.82, 2.24) is 24.1 Å². The Labute approximate surface area is 118 Å². The zero-order chi connectivity index (χ0) is 14.9. The number of likely N-dealkylation sites (N-methyl/N-ethyl adjacent to an activating group) is 1. The Kier molecular flexibility index (Phi) is 4.11. The van der Waals surface area contributed by atoms with Crippen LogP contribution in [0.25, 0.3) is 0 Å². The molecule has 112 valence electrons. The predicted octanol–water partition coefficient (Wildman–Crippen LogP) is -0.864. The third kappa shape index (κ3) is 2.84. The molecule has 2 rings (SSSR count). The van der Waals surface area contributed by atoms with E-state index in [1.807, 2.05) is 0 Å². The Morgan fingerprint density at radius 1 is 1.45 bits per heavy atom. The van der Waals surface area contributed by atoms with Gasteiger partial charge in [0, 0.05) is 33.3 Å². The third-order valence-corrected chi connectivity index (χ3v) is 4.67. The number of carbonyl (C=O) groups excluding carboxylic acids is 1. The van der Waals surface area contributed by atoms with Crippen LogP contribution in [0.5, 0.6) is 0 Å². The molecular weight excluding hydrogens is 282 g/mol. The fourth-order valence-electron chi connectivity index (χ4n) is 2.48. The van der Waals surface area contributed by atoms with E-state index in [1.54, 1.807) is 42.9 Å². The van der Waals surface area contributed by atoms with Crippen molar-refractivity contribution < 1.29 is 13.2 Å². The number of likely N-dealkylation sites (tertiary alicyclic amines) is 1. The second-order valence-corrected chi connectivity index (χ2v) is 6.29. The van der Waals surface area contributed by atoms with Crippen LogP contribution < -0.4 is 9.44 Å². The lowest BCUT2D eigenvalue weighted by molar-refractivity contribution is -0.127. The van der Waals surface area contributed by atoms with Crippen molar-refractivity contribution in [1.29, 1.82) is 0 Å². The van der Waals surface area contributed by atoms with E-state index in [9.17, 15) is 13.2 Å². The summed E-state index contributed by atoms with van der Waals surface area (Å²) < 4.78 is 30.2. The van der Waals surface area contributed by atoms with Gasteiger partial charge in [0.25, 0.3) is 10.2 Å². The summed E-state index contributed by atoms with van der Waals surface area (Å²) in [6.45, 7) is 1.99. The average molecular weight is 301 g/mol. The largest absolute Gasteiger partial charge is 0.335 e. The topological polar surface area (TPSA) is 96.3 Å². The summed E-state index contributed by atoms with van der Waals surface area (Å²) in [5, 5.41) is 4.07. The Morgan fingerprint density at radius 3 is 2.70 bits per heavy atom. The molecule has 0 aromatic carbocycles. The Balaban J connectivity index is 2.27. The minimum absolute atomic E-state index is 0.0969. The number of nitrogens with zero attached hydrogens (tertiary/aromatic N) is 3. The zero-order valence-corrected chi connectivity index (χ0v) is 12.5. The molecule has 2 N–H and O–H groups in total. The number of carbonyl (C=O) groups is 1. The van der Waals surface area contributed by atoms with Crippen molar-refractivity contribution in [3.05, 3.63) is 18.0 Å². The van der Waals surface area contributed by atoms with Gasteiger partial charge in [-0.05, 0) is 6.07 Å². The smallest absolute Gasteiger partial charge is 0.277 e. The molecule has 0 aliphatic carbocycles. The van der Waals surface area contributed by atoms with Gasteiger partial charge in [0.15, 0.2) is 0 Å². The van der Waals surface area contributed by atoms with Crippen molar-refractivity contribution in [2.45, 2.75) is 25.4 Å². The van der Waals surface area contributed by atoms with Gasteiger partial charge >= 0.3 is 0 Å². The molecule has 20 heavy (non-hydrogen) atoms. The van der Waals surface area contributed by atoms with Crippen LogP contribution in [0, 0.1) is 0 Å². The minimum atomic E-state index is -3.61. The molecule has 0 unspecified atom stereocenters. The van der Waals surface area contributed by atoms with Crippen LogP contribution in [-0.4, -0.2) is 48.6 Å². The van der Waals surface area contributed by atoms with Gasteiger partial charge in [-0.15, -0.1) is 0 Å². The lowest BCUT2D eigenvalue weighted by Crippen LogP contribution is -2.45. The number of hydrogen-bond acceptors (Lipinski definition) is 4. The Hall–Kier alpha value is -1.45. The van der Waals surface area contributed by atoms with Crippen LogP contribution in [0.2, 0.25) is 0 Å². The van der Waals surface area contributed by atoms with Crippen molar-refractivity contribution in [3.63, 3.8) is 0 Å². The van der Waals surface area contributed by atoms with Gasteiger partial charge in [-0.25, -0.2) is 4.72 Å². The Bertz CT molecular complexity index is 597. The van der Waals surface area contributed by atoms with Crippen molar-refractivity contribution >= 4 is 16.1 Å². The van der Waals surface area contributed by atoms with Gasteiger partial charge in [-0.3, -0.25) is 9.48 Å². The maximum atomic E-state index is 11.9. The highest BCUT2D eigenvalue weighted by atomic mass is 32.2. The quantitative estimate of drug-likeness (QED) is 0.739. The maximum Gasteiger partial charge on any atom is 0.277 e. The van der Waals surface area contributed by atoms with Crippen LogP contribution in [0.3, 0.4) is 0 Å². The molecule has 8 nitrogen and oxygen atoms in total. The molecule has 0 spiro atoms. The second kappa shape index (κ2) is 5.51. The first kappa shape index (κ1) is 14.9. The molecule has 1 aromatic heterocycles. The number of amides is 1. The first-order valence-electron chi connectivity index (χ1n) is 6.36. The number of hydrogen-bond donors (Lipinski definition) is 2. The molecule has 2 heterocycles. The fraction of sp³-hybridized carbons (Fsp3) is 0.636. The van der Waals surface area contributed by atoms with Gasteiger partial charge in [-0.1, -0.05) is 6.92 Å². The van der Waals surface area contributed by atoms with Gasteiger partial charge < -0.3 is 4.90 Å². The van der Waals surface area contributed by atoms with Crippen LogP contribution >= 0.6 is 0 Å². The van der Waals surface area contributed by atoms with E-state index < -0.39 is 16.3 Å². The molecule has 1 aromatic rings. The van der Waals surface area contributed by atoms with Crippen molar-refractivity contribution in [2.75, 3.05) is 13.6 Å². The lowest BCUT2D eigenvalue weighted by Gasteiger charge is -2.25. The standard InChI is InChI=1S/C11H19N5O3S/c1-4-13-20(18,19)14-8-7-10(17)15(2)11(8)9-5-6-12-16(9)3/h5-6,8,11,13-14H,4,7H2,1-3H3/t8-,11-/m1/s1. The molecule has 1 aliphatic heterocycles. The number of aryl methyl sites for hydroxylation is 1. The number of aromatic nitrogens is 2. The molecule has 1 saturated heterocycles. The van der Waals surface area contributed by atoms with Crippen LogP contribution in [0.1, 0.15) is 25.1 Å². The molecule has 2 atom stereocenters. The third-order valence-electron chi connectivity index (χ3n) is 3.39. The number of rotatable bonds is 5. The highest BCUT2D eigenvalue weighted by Gasteiger charge is 2.41. The normalized spacial score (nSPS) is 23.6. The summed E-state index contributed by atoms with van der Waals surface area (Å²) in [6, 6.07) is 0.921. The molecule has 0 bridgehead atoms. The molecule has 0 saturated carbocycles. The maximum absolute atomic E-state index is 11.9. The predicted molar refractivity (Wildman–Crippen MR) is 72.9 cm³/mol. The van der Waals surface area contributed by atoms with Crippen LogP contribution in [0.15, 0.2) is 12.3 Å². The summed E-state index contributed by atoms with van der Waals surface area (Å²) in [5.74, 6) is -0.0969. The number of nitrogens with one attached hydrogen (secondary N) is 2. The summed E-state index contributed by atoms with van der Waals surface area (Å²) in [4.78, 5) is 13.4. The van der Waals surface area contributed by atoms with Crippen LogP contribution in [0.4, 0.5) is 0 Å². The van der Waals surface area contributed by atoms with E-state index >= 15 is 0 Å². The summed E-state index contributed by atoms with van der Waals surface area (Å²) in [6.07, 6.45) is 1.76. The van der Waals surface area contributed by atoms with E-state index in [2.05, 4.69) is 14.5 Å². The first-order valence-corrected chi connectivity index (χ1v) is 7.84. The van der Waals surface area contributed by atoms with E-state index in [0.717, 1.165) is 5.69 Å². The molecule has 1 fully saturated rings. The van der Waals surface area contributed by atoms with E-state index in [4.69, 9.17) is 0 Å². The van der Waals surface area contributed by atoms with E-state index in [-0.39, 0.29) is 18.4 Å². The second-order valence-electron chi connectivity index (χ2n) is 4.76. The first-order chi connectivity index (χ1) is 9.35.